The van der Waals surface area contributed by atoms with Gasteiger partial charge in [0.2, 0.25) is 0 Å². The number of aromatic nitrogens is 1. The number of nitrogens with zero attached hydrogens (tertiary/aromatic N) is 1. The van der Waals surface area contributed by atoms with Gasteiger partial charge in [0.25, 0.3) is 0 Å². The fourth-order valence-corrected chi connectivity index (χ4v) is 1.78. The maximum Gasteiger partial charge on any atom is 0.148 e. The average molecular weight is 196 g/mol. The summed E-state index contributed by atoms with van der Waals surface area (Å²) in [4.78, 5) is 6.83. The van der Waals surface area contributed by atoms with Crippen molar-refractivity contribution < 1.29 is 0 Å². The highest BCUT2D eigenvalue weighted by Crippen LogP contribution is 2.07. The van der Waals surface area contributed by atoms with E-state index in [1.807, 2.05) is 12.1 Å². The van der Waals surface area contributed by atoms with Gasteiger partial charge < -0.3 is 10.7 Å². The maximum atomic E-state index is 6.77. The van der Waals surface area contributed by atoms with Gasteiger partial charge in [0, 0.05) is 5.44 Å². The van der Waals surface area contributed by atoms with Crippen molar-refractivity contribution >= 4 is 26.2 Å². The van der Waals surface area contributed by atoms with E-state index < -0.39 is 0 Å². The van der Waals surface area contributed by atoms with Gasteiger partial charge in [-0.15, -0.1) is 0 Å². The van der Waals surface area contributed by atoms with Crippen LogP contribution in [0.2, 0.25) is 0 Å². The summed E-state index contributed by atoms with van der Waals surface area (Å²) in [6.45, 7) is 2.13. The summed E-state index contributed by atoms with van der Waals surface area (Å²) in [7, 11) is 0.780. The molecule has 4 nitrogen and oxygen atoms in total. The van der Waals surface area contributed by atoms with Crippen molar-refractivity contribution in [2.24, 2.45) is 10.7 Å². The molecule has 0 aliphatic rings. The molecule has 1 rings (SSSR count). The number of nitrogens with one attached hydrogen (secondary N) is 2. The third-order valence-corrected chi connectivity index (χ3v) is 2.56. The van der Waals surface area contributed by atoms with Gasteiger partial charge in [-0.3, -0.25) is 5.41 Å². The minimum atomic E-state index is 0.363. The molecule has 1 atom stereocenters. The standard InChI is InChI=1S/C8H13N4P/c1-2-13-7-4-3-6(12-7)8(10)11-5-9/h3-5,12-13H,2H2,1H3,(H3,9,10,11). The molecule has 4 N–H and O–H groups in total. The number of aliphatic imine (C=N–C) groups is 1. The molecule has 1 heterocycles. The van der Waals surface area contributed by atoms with Gasteiger partial charge in [0.1, 0.15) is 12.2 Å². The van der Waals surface area contributed by atoms with Gasteiger partial charge in [-0.2, -0.15) is 0 Å². The van der Waals surface area contributed by atoms with Crippen molar-refractivity contribution in [2.45, 2.75) is 6.92 Å². The van der Waals surface area contributed by atoms with Gasteiger partial charge in [0.05, 0.1) is 5.69 Å². The summed E-state index contributed by atoms with van der Waals surface area (Å²) in [6, 6.07) is 3.89. The second-order valence-corrected chi connectivity index (χ2v) is 4.06. The van der Waals surface area contributed by atoms with E-state index in [0.717, 1.165) is 26.8 Å². The first-order chi connectivity index (χ1) is 6.27. The molecular weight excluding hydrogens is 183 g/mol. The number of aromatic amines is 1. The zero-order valence-corrected chi connectivity index (χ0v) is 8.46. The van der Waals surface area contributed by atoms with Crippen LogP contribution in [0.25, 0.3) is 0 Å². The van der Waals surface area contributed by atoms with Crippen LogP contribution >= 0.6 is 8.58 Å². The van der Waals surface area contributed by atoms with E-state index in [0.29, 0.717) is 5.84 Å². The summed E-state index contributed by atoms with van der Waals surface area (Å²) in [5.41, 5.74) is 7.56. The number of hydrogen-bond acceptors (Lipinski definition) is 1. The molecule has 0 bridgehead atoms. The molecule has 0 aliphatic heterocycles. The zero-order valence-electron chi connectivity index (χ0n) is 7.46. The number of hydrogen-bond donors (Lipinski definition) is 3. The Morgan fingerprint density at radius 2 is 2.54 bits per heavy atom. The van der Waals surface area contributed by atoms with Gasteiger partial charge in [-0.25, -0.2) is 4.99 Å². The quantitative estimate of drug-likeness (QED) is 0.369. The molecule has 0 radical (unpaired) electrons. The first-order valence-corrected chi connectivity index (χ1v) is 5.24. The van der Waals surface area contributed by atoms with Gasteiger partial charge in [0.15, 0.2) is 0 Å². The normalized spacial score (nSPS) is 12.5. The summed E-state index contributed by atoms with van der Waals surface area (Å²) < 4.78 is 0. The molecule has 1 aromatic rings. The molecule has 0 fully saturated rings. The summed E-state index contributed by atoms with van der Waals surface area (Å²) >= 11 is 0. The Labute approximate surface area is 78.9 Å². The average Bonchev–Trinajstić information content (AvgIpc) is 2.54. The van der Waals surface area contributed by atoms with Gasteiger partial charge in [-0.1, -0.05) is 15.5 Å². The third-order valence-electron chi connectivity index (χ3n) is 1.53. The lowest BCUT2D eigenvalue weighted by molar-refractivity contribution is 1.37. The lowest BCUT2D eigenvalue weighted by Gasteiger charge is -1.95. The topological polar surface area (TPSA) is 78.0 Å². The molecular formula is C8H13N4P. The molecule has 70 valence electrons. The highest BCUT2D eigenvalue weighted by atomic mass is 31.1. The Bertz CT molecular complexity index is 316. The molecule has 1 aromatic heterocycles. The Morgan fingerprint density at radius 1 is 1.77 bits per heavy atom. The summed E-state index contributed by atoms with van der Waals surface area (Å²) in [5.74, 6) is 0.363. The fraction of sp³-hybridized carbons (Fsp3) is 0.250. The summed E-state index contributed by atoms with van der Waals surface area (Å²) in [5, 5.41) is 6.77. The molecule has 5 heteroatoms. The van der Waals surface area contributed by atoms with E-state index in [1.165, 1.54) is 5.44 Å². The van der Waals surface area contributed by atoms with Crippen molar-refractivity contribution in [3.05, 3.63) is 17.8 Å². The summed E-state index contributed by atoms with van der Waals surface area (Å²) in [6.07, 6.45) is 2.07. The molecule has 0 amide bonds. The van der Waals surface area contributed by atoms with Crippen molar-refractivity contribution in [1.82, 2.24) is 4.98 Å². The lowest BCUT2D eigenvalue weighted by atomic mass is 10.4. The van der Waals surface area contributed by atoms with Crippen LogP contribution in [0.5, 0.6) is 0 Å². The Hall–Kier alpha value is -1.15. The number of nitrogens with two attached hydrogens (primary N) is 1. The largest absolute Gasteiger partial charge is 0.382 e. The lowest BCUT2D eigenvalue weighted by Crippen LogP contribution is -2.14. The van der Waals surface area contributed by atoms with Gasteiger partial charge >= 0.3 is 0 Å². The SMILES string of the molecule is CCPc1ccc(/C(N)=N\C=N)[nH]1. The highest BCUT2D eigenvalue weighted by molar-refractivity contribution is 7.46. The fourth-order valence-electron chi connectivity index (χ4n) is 0.977. The molecule has 0 aromatic carbocycles. The molecule has 13 heavy (non-hydrogen) atoms. The van der Waals surface area contributed by atoms with E-state index in [2.05, 4.69) is 16.9 Å². The zero-order chi connectivity index (χ0) is 9.68. The van der Waals surface area contributed by atoms with Crippen LogP contribution in [-0.4, -0.2) is 23.3 Å². The van der Waals surface area contributed by atoms with E-state index in [4.69, 9.17) is 11.1 Å². The van der Waals surface area contributed by atoms with Crippen LogP contribution in [0.4, 0.5) is 0 Å². The van der Waals surface area contributed by atoms with Crippen LogP contribution in [0, 0.1) is 5.41 Å². The maximum absolute atomic E-state index is 6.77. The monoisotopic (exact) mass is 196 g/mol. The number of amidine groups is 1. The van der Waals surface area contributed by atoms with E-state index in [1.54, 1.807) is 0 Å². The molecule has 0 spiro atoms. The second-order valence-electron chi connectivity index (χ2n) is 2.46. The minimum Gasteiger partial charge on any atom is -0.382 e. The van der Waals surface area contributed by atoms with Crippen LogP contribution in [0.1, 0.15) is 12.6 Å². The molecule has 1 unspecified atom stereocenters. The van der Waals surface area contributed by atoms with Crippen molar-refractivity contribution in [2.75, 3.05) is 6.16 Å². The Morgan fingerprint density at radius 3 is 3.15 bits per heavy atom. The van der Waals surface area contributed by atoms with Crippen LogP contribution in [0.3, 0.4) is 0 Å². The van der Waals surface area contributed by atoms with E-state index in [9.17, 15) is 0 Å². The Balaban J connectivity index is 2.79. The molecule has 0 saturated carbocycles. The van der Waals surface area contributed by atoms with E-state index in [-0.39, 0.29) is 0 Å². The van der Waals surface area contributed by atoms with Crippen LogP contribution in [0.15, 0.2) is 17.1 Å². The third kappa shape index (κ3) is 2.67. The Kier molecular flexibility index (Phi) is 3.65. The van der Waals surface area contributed by atoms with Crippen LogP contribution < -0.4 is 11.2 Å². The van der Waals surface area contributed by atoms with Crippen molar-refractivity contribution in [1.29, 1.82) is 5.41 Å². The van der Waals surface area contributed by atoms with Gasteiger partial charge in [-0.05, 0) is 18.3 Å². The second kappa shape index (κ2) is 4.77. The molecule has 0 aliphatic carbocycles. The number of H-pyrrole nitrogens is 1. The van der Waals surface area contributed by atoms with Crippen LogP contribution in [-0.2, 0) is 0 Å². The van der Waals surface area contributed by atoms with E-state index >= 15 is 0 Å². The van der Waals surface area contributed by atoms with Crippen molar-refractivity contribution in [3.63, 3.8) is 0 Å². The first kappa shape index (κ1) is 9.93. The number of rotatable bonds is 4. The highest BCUT2D eigenvalue weighted by Gasteiger charge is 2.00. The first-order valence-electron chi connectivity index (χ1n) is 4.03. The predicted octanol–water partition coefficient (Wildman–Crippen LogP) is 0.651. The smallest absolute Gasteiger partial charge is 0.148 e. The molecule has 0 saturated heterocycles. The minimum absolute atomic E-state index is 0.363. The van der Waals surface area contributed by atoms with Crippen molar-refractivity contribution in [3.8, 4) is 0 Å². The predicted molar refractivity (Wildman–Crippen MR) is 58.8 cm³/mol.